The van der Waals surface area contributed by atoms with Crippen molar-refractivity contribution in [2.45, 2.75) is 0 Å². The van der Waals surface area contributed by atoms with Crippen LogP contribution in [0.3, 0.4) is 0 Å². The monoisotopic (exact) mass is 258 g/mol. The minimum Gasteiger partial charge on any atom is -0.321 e. The van der Waals surface area contributed by atoms with Gasteiger partial charge in [-0.3, -0.25) is 4.79 Å². The van der Waals surface area contributed by atoms with Crippen LogP contribution in [0.5, 0.6) is 0 Å². The first-order chi connectivity index (χ1) is 8.31. The van der Waals surface area contributed by atoms with E-state index in [1.54, 1.807) is 0 Å². The van der Waals surface area contributed by atoms with Crippen molar-refractivity contribution in [3.63, 3.8) is 0 Å². The highest BCUT2D eigenvalue weighted by Gasteiger charge is 2.24. The van der Waals surface area contributed by atoms with E-state index in [0.29, 0.717) is 5.56 Å². The minimum atomic E-state index is -0.109. The van der Waals surface area contributed by atoms with Crippen LogP contribution in [-0.4, -0.2) is 5.91 Å². The van der Waals surface area contributed by atoms with E-state index in [4.69, 9.17) is 5.26 Å². The van der Waals surface area contributed by atoms with E-state index in [9.17, 15) is 4.79 Å². The van der Waals surface area contributed by atoms with Crippen LogP contribution >= 0.6 is 22.7 Å². The summed E-state index contributed by atoms with van der Waals surface area (Å²) in [5.41, 5.74) is 3.99. The molecule has 0 spiro atoms. The second-order valence-corrected chi connectivity index (χ2v) is 5.03. The molecule has 82 valence electrons. The average Bonchev–Trinajstić information content (AvgIpc) is 2.92. The summed E-state index contributed by atoms with van der Waals surface area (Å²) < 4.78 is 0. The molecule has 17 heavy (non-hydrogen) atoms. The van der Waals surface area contributed by atoms with Gasteiger partial charge in [0.2, 0.25) is 0 Å². The van der Waals surface area contributed by atoms with Crippen molar-refractivity contribution in [1.82, 2.24) is 0 Å². The van der Waals surface area contributed by atoms with Crippen LogP contribution in [0.25, 0.3) is 5.57 Å². The fraction of sp³-hybridized carbons (Fsp3) is 0. The molecule has 1 aliphatic rings. The first-order valence-electron chi connectivity index (χ1n) is 4.85. The largest absolute Gasteiger partial charge is 0.321 e. The summed E-state index contributed by atoms with van der Waals surface area (Å²) in [6, 6.07) is 2.05. The number of rotatable bonds is 0. The van der Waals surface area contributed by atoms with Crippen molar-refractivity contribution in [3.8, 4) is 6.07 Å². The van der Waals surface area contributed by atoms with Crippen LogP contribution in [0, 0.1) is 11.3 Å². The highest BCUT2D eigenvalue weighted by Crippen LogP contribution is 2.38. The summed E-state index contributed by atoms with van der Waals surface area (Å²) in [6.07, 6.45) is 1.50. The van der Waals surface area contributed by atoms with Crippen LogP contribution in [-0.2, 0) is 0 Å². The fourth-order valence-corrected chi connectivity index (χ4v) is 3.45. The zero-order valence-corrected chi connectivity index (χ0v) is 10.2. The lowest BCUT2D eigenvalue weighted by atomic mass is 10.00. The molecule has 0 bridgehead atoms. The number of carbonyl (C=O) groups excluding carboxylic acids is 1. The van der Waals surface area contributed by atoms with Crippen molar-refractivity contribution < 1.29 is 4.79 Å². The number of nitrogens with one attached hydrogen (secondary N) is 1. The van der Waals surface area contributed by atoms with Crippen LogP contribution in [0.2, 0.25) is 0 Å². The first-order valence-corrected chi connectivity index (χ1v) is 6.74. The summed E-state index contributed by atoms with van der Waals surface area (Å²) in [5, 5.41) is 19.3. The Bertz CT molecular complexity index is 673. The lowest BCUT2D eigenvalue weighted by Crippen LogP contribution is -2.09. The van der Waals surface area contributed by atoms with E-state index >= 15 is 0 Å². The molecular weight excluding hydrogens is 252 g/mol. The summed E-state index contributed by atoms with van der Waals surface area (Å²) in [7, 11) is 0. The second-order valence-electron chi connectivity index (χ2n) is 3.54. The van der Waals surface area contributed by atoms with E-state index < -0.39 is 0 Å². The van der Waals surface area contributed by atoms with E-state index in [-0.39, 0.29) is 5.91 Å². The molecule has 2 aromatic heterocycles. The van der Waals surface area contributed by atoms with Gasteiger partial charge in [0.25, 0.3) is 5.91 Å². The van der Waals surface area contributed by atoms with Gasteiger partial charge < -0.3 is 5.32 Å². The maximum Gasteiger partial charge on any atom is 0.257 e. The van der Waals surface area contributed by atoms with Gasteiger partial charge in [-0.05, 0) is 5.38 Å². The first kappa shape index (κ1) is 10.3. The number of thiophene rings is 2. The van der Waals surface area contributed by atoms with Crippen LogP contribution in [0.4, 0.5) is 5.69 Å². The van der Waals surface area contributed by atoms with Gasteiger partial charge in [0.1, 0.15) is 0 Å². The zero-order chi connectivity index (χ0) is 11.8. The van der Waals surface area contributed by atoms with Gasteiger partial charge >= 0.3 is 0 Å². The fourth-order valence-electron chi connectivity index (χ4n) is 1.84. The van der Waals surface area contributed by atoms with Gasteiger partial charge in [0.05, 0.1) is 17.3 Å². The maximum atomic E-state index is 12.0. The third-order valence-electron chi connectivity index (χ3n) is 2.61. The number of hydrogen-bond donors (Lipinski definition) is 1. The topological polar surface area (TPSA) is 52.9 Å². The minimum absolute atomic E-state index is 0.109. The van der Waals surface area contributed by atoms with Gasteiger partial charge in [-0.2, -0.15) is 16.6 Å². The Hall–Kier alpha value is -1.90. The number of hydrogen-bond acceptors (Lipinski definition) is 4. The molecular formula is C12H6N2OS2. The Kier molecular flexibility index (Phi) is 2.32. The lowest BCUT2D eigenvalue weighted by Gasteiger charge is -2.01. The average molecular weight is 258 g/mol. The highest BCUT2D eigenvalue weighted by molar-refractivity contribution is 7.09. The van der Waals surface area contributed by atoms with E-state index in [2.05, 4.69) is 5.32 Å². The predicted molar refractivity (Wildman–Crippen MR) is 69.3 cm³/mol. The number of nitrogens with zero attached hydrogens (tertiary/aromatic N) is 1. The summed E-state index contributed by atoms with van der Waals surface area (Å²) in [4.78, 5) is 12.0. The number of anilines is 1. The van der Waals surface area contributed by atoms with Gasteiger partial charge in [-0.1, -0.05) is 0 Å². The van der Waals surface area contributed by atoms with Gasteiger partial charge in [0, 0.05) is 38.9 Å². The third kappa shape index (κ3) is 1.50. The quantitative estimate of drug-likeness (QED) is 0.737. The molecule has 1 N–H and O–H groups in total. The summed E-state index contributed by atoms with van der Waals surface area (Å²) in [6.45, 7) is 0. The summed E-state index contributed by atoms with van der Waals surface area (Å²) >= 11 is 2.98. The Labute approximate surface area is 106 Å². The van der Waals surface area contributed by atoms with Crippen LogP contribution < -0.4 is 5.32 Å². The number of carbonyl (C=O) groups is 1. The van der Waals surface area contributed by atoms with Gasteiger partial charge in [0.15, 0.2) is 0 Å². The molecule has 3 nitrogen and oxygen atoms in total. The van der Waals surface area contributed by atoms with E-state index in [0.717, 1.165) is 22.4 Å². The maximum absolute atomic E-state index is 12.0. The standard InChI is InChI=1S/C12H6N2OS2/c13-2-1-7-8-3-16-5-10(8)12(15)14-11-6-17-4-9(7)11/h1,3-6H,(H,14,15). The molecule has 2 aromatic rings. The van der Waals surface area contributed by atoms with Crippen molar-refractivity contribution in [3.05, 3.63) is 44.3 Å². The van der Waals surface area contributed by atoms with Crippen molar-refractivity contribution in [2.75, 3.05) is 5.32 Å². The van der Waals surface area contributed by atoms with Crippen molar-refractivity contribution in [1.29, 1.82) is 5.26 Å². The van der Waals surface area contributed by atoms with Crippen LogP contribution in [0.15, 0.2) is 27.6 Å². The number of nitriles is 1. The molecule has 0 atom stereocenters. The molecule has 0 radical (unpaired) electrons. The van der Waals surface area contributed by atoms with Gasteiger partial charge in [-0.15, -0.1) is 11.3 Å². The van der Waals surface area contributed by atoms with Gasteiger partial charge in [-0.25, -0.2) is 0 Å². The normalized spacial score (nSPS) is 15.7. The van der Waals surface area contributed by atoms with E-state index in [1.807, 2.05) is 27.6 Å². The molecule has 3 rings (SSSR count). The Morgan fingerprint density at radius 2 is 1.82 bits per heavy atom. The molecule has 3 heterocycles. The smallest absolute Gasteiger partial charge is 0.257 e. The molecule has 0 unspecified atom stereocenters. The molecule has 0 saturated carbocycles. The summed E-state index contributed by atoms with van der Waals surface area (Å²) in [5.74, 6) is -0.109. The molecule has 1 amide bonds. The van der Waals surface area contributed by atoms with E-state index in [1.165, 1.54) is 28.7 Å². The highest BCUT2D eigenvalue weighted by atomic mass is 32.1. The third-order valence-corrected chi connectivity index (χ3v) is 4.09. The Morgan fingerprint density at radius 1 is 1.12 bits per heavy atom. The number of fused-ring (bicyclic) bond motifs is 2. The van der Waals surface area contributed by atoms with Crippen molar-refractivity contribution >= 4 is 39.8 Å². The number of amides is 1. The molecule has 0 aliphatic carbocycles. The van der Waals surface area contributed by atoms with Crippen LogP contribution in [0.1, 0.15) is 21.5 Å². The zero-order valence-electron chi connectivity index (χ0n) is 8.56. The lowest BCUT2D eigenvalue weighted by molar-refractivity contribution is 0.102. The molecule has 5 heteroatoms. The Morgan fingerprint density at radius 3 is 2.65 bits per heavy atom. The molecule has 0 saturated heterocycles. The molecule has 1 aliphatic heterocycles. The second kappa shape index (κ2) is 3.84. The number of allylic oxidation sites excluding steroid dienone is 1. The SMILES string of the molecule is N#CC=C1c2cscc2NC(=O)c2cscc21. The Balaban J connectivity index is 2.33. The predicted octanol–water partition coefficient (Wildman–Crippen LogP) is 3.33. The molecule has 0 aromatic carbocycles. The van der Waals surface area contributed by atoms with Crippen molar-refractivity contribution in [2.24, 2.45) is 0 Å². The molecule has 0 fully saturated rings.